The molecule has 0 amide bonds. The third-order valence-electron chi connectivity index (χ3n) is 2.04. The Bertz CT molecular complexity index is 184. The second kappa shape index (κ2) is 2.45. The maximum Gasteiger partial charge on any atom is 0.102 e. The Kier molecular flexibility index (Phi) is 1.46. The summed E-state index contributed by atoms with van der Waals surface area (Å²) in [6.07, 6.45) is 6.28. The molecule has 0 N–H and O–H groups in total. The van der Waals surface area contributed by atoms with Gasteiger partial charge in [-0.2, -0.15) is 0 Å². The van der Waals surface area contributed by atoms with E-state index in [1.54, 1.807) is 0 Å². The average molecular weight is 137 g/mol. The van der Waals surface area contributed by atoms with Crippen molar-refractivity contribution in [3.63, 3.8) is 0 Å². The van der Waals surface area contributed by atoms with E-state index in [9.17, 15) is 0 Å². The zero-order valence-corrected chi connectivity index (χ0v) is 5.92. The molecule has 0 spiro atoms. The molecule has 2 heterocycles. The molecule has 0 saturated carbocycles. The summed E-state index contributed by atoms with van der Waals surface area (Å²) >= 11 is 0. The summed E-state index contributed by atoms with van der Waals surface area (Å²) in [5, 5.41) is 0. The molecule has 2 aliphatic rings. The number of aliphatic imine (C=N–C) groups is 1. The van der Waals surface area contributed by atoms with Crippen LogP contribution in [0.5, 0.6) is 0 Å². The van der Waals surface area contributed by atoms with Gasteiger partial charge >= 0.3 is 0 Å². The number of rotatable bonds is 0. The second-order valence-corrected chi connectivity index (χ2v) is 2.77. The van der Waals surface area contributed by atoms with E-state index in [1.165, 1.54) is 12.8 Å². The lowest BCUT2D eigenvalue weighted by molar-refractivity contribution is 0.130. The quantitative estimate of drug-likeness (QED) is 0.494. The van der Waals surface area contributed by atoms with Crippen molar-refractivity contribution in [2.75, 3.05) is 13.2 Å². The van der Waals surface area contributed by atoms with Crippen molar-refractivity contribution in [3.05, 3.63) is 11.8 Å². The number of dihydropyridines is 1. The van der Waals surface area contributed by atoms with Crippen LogP contribution < -0.4 is 0 Å². The molecule has 2 aliphatic heterocycles. The van der Waals surface area contributed by atoms with Crippen molar-refractivity contribution in [2.24, 2.45) is 10.9 Å². The summed E-state index contributed by atoms with van der Waals surface area (Å²) in [6.45, 7) is 1.84. The first-order valence-corrected chi connectivity index (χ1v) is 3.79. The van der Waals surface area contributed by atoms with Gasteiger partial charge in [0.15, 0.2) is 0 Å². The van der Waals surface area contributed by atoms with Crippen molar-refractivity contribution < 1.29 is 4.74 Å². The minimum atomic E-state index is 0.596. The van der Waals surface area contributed by atoms with Crippen LogP contribution in [-0.4, -0.2) is 19.4 Å². The smallest absolute Gasteiger partial charge is 0.102 e. The van der Waals surface area contributed by atoms with E-state index in [-0.39, 0.29) is 0 Å². The highest BCUT2D eigenvalue weighted by atomic mass is 16.5. The van der Waals surface area contributed by atoms with E-state index >= 15 is 0 Å². The molecule has 1 fully saturated rings. The Morgan fingerprint density at radius 1 is 1.60 bits per heavy atom. The highest BCUT2D eigenvalue weighted by Gasteiger charge is 2.20. The maximum atomic E-state index is 5.45. The number of hydrogen-bond acceptors (Lipinski definition) is 2. The molecule has 1 atom stereocenters. The first kappa shape index (κ1) is 5.96. The van der Waals surface area contributed by atoms with Crippen molar-refractivity contribution in [1.82, 2.24) is 0 Å². The molecule has 0 bridgehead atoms. The lowest BCUT2D eigenvalue weighted by atomic mass is 9.97. The zero-order valence-electron chi connectivity index (χ0n) is 5.92. The molecular formula is C8H11NO. The summed E-state index contributed by atoms with van der Waals surface area (Å²) in [5.41, 5.74) is 0. The number of nitrogens with zero attached hydrogens (tertiary/aromatic N) is 1. The Labute approximate surface area is 60.6 Å². The standard InChI is InChI=1S/C8H11NO/c1-2-7-6-9-4-3-8(7)10-5-1/h3-4,7H,1-2,5-6H2. The lowest BCUT2D eigenvalue weighted by Gasteiger charge is -2.25. The topological polar surface area (TPSA) is 21.6 Å². The fraction of sp³-hybridized carbons (Fsp3) is 0.625. The van der Waals surface area contributed by atoms with Gasteiger partial charge < -0.3 is 4.74 Å². The number of fused-ring (bicyclic) bond motifs is 1. The Morgan fingerprint density at radius 3 is 3.50 bits per heavy atom. The number of hydrogen-bond donors (Lipinski definition) is 0. The molecule has 1 unspecified atom stereocenters. The minimum absolute atomic E-state index is 0.596. The van der Waals surface area contributed by atoms with Crippen LogP contribution in [0.3, 0.4) is 0 Å². The predicted octanol–water partition coefficient (Wildman–Crippen LogP) is 1.38. The number of ether oxygens (including phenoxy) is 1. The lowest BCUT2D eigenvalue weighted by Crippen LogP contribution is -2.20. The Hall–Kier alpha value is -0.790. The molecule has 0 radical (unpaired) electrons. The van der Waals surface area contributed by atoms with E-state index < -0.39 is 0 Å². The van der Waals surface area contributed by atoms with Gasteiger partial charge in [0, 0.05) is 18.7 Å². The van der Waals surface area contributed by atoms with E-state index in [2.05, 4.69) is 4.99 Å². The summed E-state index contributed by atoms with van der Waals surface area (Å²) in [7, 11) is 0. The molecule has 0 aromatic rings. The normalized spacial score (nSPS) is 30.4. The Balaban J connectivity index is 2.14. The Morgan fingerprint density at radius 2 is 2.60 bits per heavy atom. The first-order chi connectivity index (χ1) is 4.97. The maximum absolute atomic E-state index is 5.45. The third-order valence-corrected chi connectivity index (χ3v) is 2.04. The average Bonchev–Trinajstić information content (AvgIpc) is 2.05. The largest absolute Gasteiger partial charge is 0.498 e. The van der Waals surface area contributed by atoms with E-state index in [0.29, 0.717) is 5.92 Å². The van der Waals surface area contributed by atoms with Crippen molar-refractivity contribution >= 4 is 6.21 Å². The van der Waals surface area contributed by atoms with Gasteiger partial charge in [-0.3, -0.25) is 4.99 Å². The van der Waals surface area contributed by atoms with Crippen LogP contribution in [0, 0.1) is 5.92 Å². The molecule has 2 heteroatoms. The van der Waals surface area contributed by atoms with Crippen LogP contribution in [-0.2, 0) is 4.74 Å². The molecular weight excluding hydrogens is 126 g/mol. The van der Waals surface area contributed by atoms with Crippen LogP contribution in [0.2, 0.25) is 0 Å². The predicted molar refractivity (Wildman–Crippen MR) is 40.1 cm³/mol. The summed E-state index contributed by atoms with van der Waals surface area (Å²) in [4.78, 5) is 4.18. The van der Waals surface area contributed by atoms with Gasteiger partial charge in [0.1, 0.15) is 5.76 Å². The van der Waals surface area contributed by atoms with Crippen LogP contribution in [0.25, 0.3) is 0 Å². The molecule has 2 nitrogen and oxygen atoms in total. The zero-order chi connectivity index (χ0) is 6.81. The molecule has 0 aromatic carbocycles. The van der Waals surface area contributed by atoms with Crippen molar-refractivity contribution in [1.29, 1.82) is 0 Å². The van der Waals surface area contributed by atoms with Crippen LogP contribution >= 0.6 is 0 Å². The van der Waals surface area contributed by atoms with Crippen LogP contribution in [0.15, 0.2) is 16.8 Å². The first-order valence-electron chi connectivity index (χ1n) is 3.79. The molecule has 10 heavy (non-hydrogen) atoms. The molecule has 1 saturated heterocycles. The van der Waals surface area contributed by atoms with Crippen molar-refractivity contribution in [2.45, 2.75) is 12.8 Å². The van der Waals surface area contributed by atoms with E-state index in [1.807, 2.05) is 12.3 Å². The molecule has 54 valence electrons. The van der Waals surface area contributed by atoms with Gasteiger partial charge in [-0.1, -0.05) is 0 Å². The highest BCUT2D eigenvalue weighted by Crippen LogP contribution is 2.25. The van der Waals surface area contributed by atoms with E-state index in [0.717, 1.165) is 18.9 Å². The van der Waals surface area contributed by atoms with Gasteiger partial charge in [-0.25, -0.2) is 0 Å². The minimum Gasteiger partial charge on any atom is -0.498 e. The molecule has 0 aromatic heterocycles. The molecule has 0 aliphatic carbocycles. The van der Waals surface area contributed by atoms with Gasteiger partial charge in [0.25, 0.3) is 0 Å². The van der Waals surface area contributed by atoms with Gasteiger partial charge in [0.2, 0.25) is 0 Å². The van der Waals surface area contributed by atoms with Crippen molar-refractivity contribution in [3.8, 4) is 0 Å². The molecule has 2 rings (SSSR count). The summed E-state index contributed by atoms with van der Waals surface area (Å²) < 4.78 is 5.45. The van der Waals surface area contributed by atoms with Gasteiger partial charge in [-0.15, -0.1) is 0 Å². The highest BCUT2D eigenvalue weighted by molar-refractivity contribution is 5.72. The fourth-order valence-corrected chi connectivity index (χ4v) is 1.46. The summed E-state index contributed by atoms with van der Waals surface area (Å²) in [5.74, 6) is 1.75. The van der Waals surface area contributed by atoms with Crippen LogP contribution in [0.4, 0.5) is 0 Å². The fourth-order valence-electron chi connectivity index (χ4n) is 1.46. The third kappa shape index (κ3) is 0.939. The SMILES string of the molecule is C1=NCC2CCCOC2=C1. The monoisotopic (exact) mass is 137 g/mol. The van der Waals surface area contributed by atoms with Crippen LogP contribution in [0.1, 0.15) is 12.8 Å². The second-order valence-electron chi connectivity index (χ2n) is 2.77. The van der Waals surface area contributed by atoms with Gasteiger partial charge in [0.05, 0.1) is 6.61 Å². The van der Waals surface area contributed by atoms with Gasteiger partial charge in [-0.05, 0) is 18.9 Å². The summed E-state index contributed by atoms with van der Waals surface area (Å²) in [6, 6.07) is 0. The van der Waals surface area contributed by atoms with E-state index in [4.69, 9.17) is 4.74 Å². The number of allylic oxidation sites excluding steroid dienone is 1.